The van der Waals surface area contributed by atoms with Crippen molar-refractivity contribution in [2.45, 2.75) is 13.3 Å². The molecular weight excluding hydrogens is 352 g/mol. The molecular formula is C19H17BrN2O. The molecule has 0 aliphatic heterocycles. The standard InChI is InChI=1S/C19H17BrN2O/c1-2-11-21-19(23)16-12-18(13-7-9-14(20)10-8-13)22-17-6-4-3-5-15(16)17/h3-10,12H,2,11H2,1H3,(H,21,23). The van der Waals surface area contributed by atoms with Crippen LogP contribution in [0.4, 0.5) is 0 Å². The van der Waals surface area contributed by atoms with Crippen LogP contribution in [0.3, 0.4) is 0 Å². The third-order valence-corrected chi connectivity index (χ3v) is 4.17. The molecule has 0 atom stereocenters. The highest BCUT2D eigenvalue weighted by Crippen LogP contribution is 2.26. The lowest BCUT2D eigenvalue weighted by Gasteiger charge is -2.10. The second-order valence-corrected chi connectivity index (χ2v) is 6.25. The number of rotatable bonds is 4. The van der Waals surface area contributed by atoms with Crippen molar-refractivity contribution in [3.05, 3.63) is 64.6 Å². The van der Waals surface area contributed by atoms with E-state index in [0.717, 1.165) is 33.1 Å². The molecule has 1 N–H and O–H groups in total. The van der Waals surface area contributed by atoms with Gasteiger partial charge >= 0.3 is 0 Å². The summed E-state index contributed by atoms with van der Waals surface area (Å²) in [6.45, 7) is 2.71. The molecule has 0 bridgehead atoms. The van der Waals surface area contributed by atoms with Gasteiger partial charge in [-0.2, -0.15) is 0 Å². The van der Waals surface area contributed by atoms with Crippen molar-refractivity contribution < 1.29 is 4.79 Å². The van der Waals surface area contributed by atoms with Crippen LogP contribution in [0.25, 0.3) is 22.2 Å². The Morgan fingerprint density at radius 1 is 1.13 bits per heavy atom. The number of hydrogen-bond donors (Lipinski definition) is 1. The smallest absolute Gasteiger partial charge is 0.252 e. The molecule has 1 amide bonds. The predicted octanol–water partition coefficient (Wildman–Crippen LogP) is 4.80. The van der Waals surface area contributed by atoms with Gasteiger partial charge < -0.3 is 5.32 Å². The second-order valence-electron chi connectivity index (χ2n) is 5.33. The zero-order valence-electron chi connectivity index (χ0n) is 12.8. The van der Waals surface area contributed by atoms with Gasteiger partial charge in [0, 0.05) is 22.0 Å². The molecule has 0 spiro atoms. The first-order valence-corrected chi connectivity index (χ1v) is 8.42. The van der Waals surface area contributed by atoms with E-state index in [1.807, 2.05) is 61.5 Å². The summed E-state index contributed by atoms with van der Waals surface area (Å²) in [7, 11) is 0. The van der Waals surface area contributed by atoms with Crippen LogP contribution in [0, 0.1) is 0 Å². The van der Waals surface area contributed by atoms with Gasteiger partial charge in [0.15, 0.2) is 0 Å². The molecule has 0 aliphatic carbocycles. The Morgan fingerprint density at radius 3 is 2.61 bits per heavy atom. The number of nitrogens with one attached hydrogen (secondary N) is 1. The molecule has 0 aliphatic rings. The summed E-state index contributed by atoms with van der Waals surface area (Å²) in [6, 6.07) is 17.6. The van der Waals surface area contributed by atoms with Crippen LogP contribution in [0.5, 0.6) is 0 Å². The van der Waals surface area contributed by atoms with Crippen LogP contribution in [0.1, 0.15) is 23.7 Å². The lowest BCUT2D eigenvalue weighted by atomic mass is 10.0. The summed E-state index contributed by atoms with van der Waals surface area (Å²) in [5.41, 5.74) is 3.29. The molecule has 3 nitrogen and oxygen atoms in total. The molecule has 0 saturated heterocycles. The molecule has 1 heterocycles. The van der Waals surface area contributed by atoms with Gasteiger partial charge in [0.25, 0.3) is 5.91 Å². The number of aromatic nitrogens is 1. The van der Waals surface area contributed by atoms with Crippen LogP contribution in [0.2, 0.25) is 0 Å². The van der Waals surface area contributed by atoms with E-state index >= 15 is 0 Å². The molecule has 0 fully saturated rings. The molecule has 23 heavy (non-hydrogen) atoms. The molecule has 0 saturated carbocycles. The zero-order chi connectivity index (χ0) is 16.2. The van der Waals surface area contributed by atoms with Gasteiger partial charge in [-0.25, -0.2) is 4.98 Å². The van der Waals surface area contributed by atoms with Gasteiger partial charge in [-0.1, -0.05) is 53.2 Å². The Labute approximate surface area is 143 Å². The highest BCUT2D eigenvalue weighted by Gasteiger charge is 2.13. The lowest BCUT2D eigenvalue weighted by molar-refractivity contribution is 0.0955. The minimum atomic E-state index is -0.0520. The summed E-state index contributed by atoms with van der Waals surface area (Å²) >= 11 is 3.44. The van der Waals surface area contributed by atoms with Crippen molar-refractivity contribution in [3.8, 4) is 11.3 Å². The van der Waals surface area contributed by atoms with Crippen LogP contribution in [0.15, 0.2) is 59.1 Å². The number of benzene rings is 2. The molecule has 0 unspecified atom stereocenters. The summed E-state index contributed by atoms with van der Waals surface area (Å²) in [4.78, 5) is 17.2. The number of para-hydroxylation sites is 1. The van der Waals surface area contributed by atoms with Crippen LogP contribution in [-0.2, 0) is 0 Å². The average Bonchev–Trinajstić information content (AvgIpc) is 2.59. The molecule has 2 aromatic carbocycles. The van der Waals surface area contributed by atoms with E-state index in [1.54, 1.807) is 0 Å². The Morgan fingerprint density at radius 2 is 1.87 bits per heavy atom. The largest absolute Gasteiger partial charge is 0.352 e. The van der Waals surface area contributed by atoms with E-state index in [9.17, 15) is 4.79 Å². The van der Waals surface area contributed by atoms with E-state index in [-0.39, 0.29) is 5.91 Å². The third kappa shape index (κ3) is 3.42. The Bertz CT molecular complexity index is 844. The maximum atomic E-state index is 12.5. The number of nitrogens with zero attached hydrogens (tertiary/aromatic N) is 1. The van der Waals surface area contributed by atoms with Crippen molar-refractivity contribution in [2.24, 2.45) is 0 Å². The van der Waals surface area contributed by atoms with E-state index in [0.29, 0.717) is 12.1 Å². The van der Waals surface area contributed by atoms with Gasteiger partial charge in [0.1, 0.15) is 0 Å². The maximum Gasteiger partial charge on any atom is 0.252 e. The van der Waals surface area contributed by atoms with Crippen molar-refractivity contribution in [3.63, 3.8) is 0 Å². The van der Waals surface area contributed by atoms with Crippen molar-refractivity contribution in [1.29, 1.82) is 0 Å². The monoisotopic (exact) mass is 368 g/mol. The zero-order valence-corrected chi connectivity index (χ0v) is 14.4. The molecule has 1 aromatic heterocycles. The van der Waals surface area contributed by atoms with E-state index < -0.39 is 0 Å². The summed E-state index contributed by atoms with van der Waals surface area (Å²) in [5.74, 6) is -0.0520. The fourth-order valence-electron chi connectivity index (χ4n) is 2.47. The Kier molecular flexibility index (Phi) is 4.72. The van der Waals surface area contributed by atoms with Crippen molar-refractivity contribution >= 4 is 32.7 Å². The maximum absolute atomic E-state index is 12.5. The Balaban J connectivity index is 2.13. The van der Waals surface area contributed by atoms with Gasteiger partial charge in [-0.15, -0.1) is 0 Å². The molecule has 116 valence electrons. The Hall–Kier alpha value is -2.20. The highest BCUT2D eigenvalue weighted by molar-refractivity contribution is 9.10. The third-order valence-electron chi connectivity index (χ3n) is 3.64. The summed E-state index contributed by atoms with van der Waals surface area (Å²) in [5, 5.41) is 3.83. The van der Waals surface area contributed by atoms with Crippen LogP contribution >= 0.6 is 15.9 Å². The predicted molar refractivity (Wildman–Crippen MR) is 97.5 cm³/mol. The summed E-state index contributed by atoms with van der Waals surface area (Å²) in [6.07, 6.45) is 0.911. The highest BCUT2D eigenvalue weighted by atomic mass is 79.9. The summed E-state index contributed by atoms with van der Waals surface area (Å²) < 4.78 is 1.02. The minimum absolute atomic E-state index is 0.0520. The number of carbonyl (C=O) groups excluding carboxylic acids is 1. The van der Waals surface area contributed by atoms with Crippen molar-refractivity contribution in [2.75, 3.05) is 6.54 Å². The second kappa shape index (κ2) is 6.92. The van der Waals surface area contributed by atoms with Gasteiger partial charge in [0.05, 0.1) is 16.8 Å². The number of halogens is 1. The van der Waals surface area contributed by atoms with Gasteiger partial charge in [-0.3, -0.25) is 4.79 Å². The van der Waals surface area contributed by atoms with Gasteiger partial charge in [-0.05, 0) is 30.7 Å². The fourth-order valence-corrected chi connectivity index (χ4v) is 2.73. The molecule has 0 radical (unpaired) electrons. The number of hydrogen-bond acceptors (Lipinski definition) is 2. The van der Waals surface area contributed by atoms with E-state index in [4.69, 9.17) is 4.98 Å². The topological polar surface area (TPSA) is 42.0 Å². The first-order chi connectivity index (χ1) is 11.2. The normalized spacial score (nSPS) is 10.7. The minimum Gasteiger partial charge on any atom is -0.352 e. The van der Waals surface area contributed by atoms with Gasteiger partial charge in [0.2, 0.25) is 0 Å². The quantitative estimate of drug-likeness (QED) is 0.718. The number of pyridine rings is 1. The molecule has 4 heteroatoms. The first kappa shape index (κ1) is 15.7. The number of fused-ring (bicyclic) bond motifs is 1. The molecule has 3 rings (SSSR count). The number of carbonyl (C=O) groups is 1. The van der Waals surface area contributed by atoms with E-state index in [2.05, 4.69) is 21.2 Å². The number of amides is 1. The first-order valence-electron chi connectivity index (χ1n) is 7.63. The average molecular weight is 369 g/mol. The van der Waals surface area contributed by atoms with Crippen molar-refractivity contribution in [1.82, 2.24) is 10.3 Å². The SMILES string of the molecule is CCCNC(=O)c1cc(-c2ccc(Br)cc2)nc2ccccc12. The van der Waals surface area contributed by atoms with E-state index in [1.165, 1.54) is 0 Å². The lowest BCUT2D eigenvalue weighted by Crippen LogP contribution is -2.24. The molecule has 3 aromatic rings. The van der Waals surface area contributed by atoms with Crippen LogP contribution in [-0.4, -0.2) is 17.4 Å². The fraction of sp³-hybridized carbons (Fsp3) is 0.158. The van der Waals surface area contributed by atoms with Crippen LogP contribution < -0.4 is 5.32 Å².